The van der Waals surface area contributed by atoms with Crippen LogP contribution < -0.4 is 22.4 Å². The first-order chi connectivity index (χ1) is 13.6. The van der Waals surface area contributed by atoms with Gasteiger partial charge in [-0.05, 0) is 24.3 Å². The number of H-pyrrole nitrogens is 1. The maximum absolute atomic E-state index is 12.3. The van der Waals surface area contributed by atoms with Gasteiger partial charge in [-0.25, -0.2) is 9.97 Å². The van der Waals surface area contributed by atoms with Gasteiger partial charge in [0.1, 0.15) is 0 Å². The lowest BCUT2D eigenvalue weighted by molar-refractivity contribution is 1.21. The van der Waals surface area contributed by atoms with E-state index in [0.29, 0.717) is 45.1 Å². The highest BCUT2D eigenvalue weighted by Gasteiger charge is 2.16. The number of hydrogen-bond acceptors (Lipinski definition) is 7. The van der Waals surface area contributed by atoms with E-state index in [4.69, 9.17) is 11.6 Å². The second-order valence-corrected chi connectivity index (χ2v) is 6.10. The van der Waals surface area contributed by atoms with Gasteiger partial charge < -0.3 is 16.1 Å². The van der Waals surface area contributed by atoms with Crippen molar-refractivity contribution in [2.45, 2.75) is 0 Å². The van der Waals surface area contributed by atoms with Crippen LogP contribution in [0.2, 0.25) is 0 Å². The molecular formula is C20H15N7O. The van der Waals surface area contributed by atoms with Crippen molar-refractivity contribution in [3.8, 4) is 28.6 Å². The number of nitrogens with two attached hydrogens (primary N) is 2. The number of aromatic nitrogens is 3. The second-order valence-electron chi connectivity index (χ2n) is 6.10. The molecule has 0 bridgehead atoms. The summed E-state index contributed by atoms with van der Waals surface area (Å²) in [6.07, 6.45) is 1.52. The molecule has 4 aromatic rings. The van der Waals surface area contributed by atoms with Gasteiger partial charge in [0.2, 0.25) is 5.43 Å². The van der Waals surface area contributed by atoms with Crippen molar-refractivity contribution in [2.75, 3.05) is 11.2 Å². The van der Waals surface area contributed by atoms with Crippen molar-refractivity contribution in [3.05, 3.63) is 70.5 Å². The summed E-state index contributed by atoms with van der Waals surface area (Å²) in [5.41, 5.74) is 12.7. The molecule has 0 radical (unpaired) electrons. The Hall–Kier alpha value is -4.22. The topological polar surface area (TPSA) is 146 Å². The summed E-state index contributed by atoms with van der Waals surface area (Å²) < 4.78 is 0. The molecule has 2 heterocycles. The van der Waals surface area contributed by atoms with Crippen LogP contribution >= 0.6 is 0 Å². The molecule has 8 heteroatoms. The average molecular weight is 369 g/mol. The molecule has 2 aromatic heterocycles. The lowest BCUT2D eigenvalue weighted by Crippen LogP contribution is -2.10. The standard InChI is InChI=1S/C20H15N7O/c21-10-11-2-1-3-12(8-11)18-17(13-4-5-14(22)15(9-13)27-23)25-19-16(28)6-7-24-20(19)26-18/h1-9,27H,22-23H2,(H,24,26,28). The maximum atomic E-state index is 12.3. The molecule has 0 aliphatic carbocycles. The minimum atomic E-state index is -0.243. The summed E-state index contributed by atoms with van der Waals surface area (Å²) in [5.74, 6) is 5.54. The lowest BCUT2D eigenvalue weighted by Gasteiger charge is -2.12. The first-order valence-electron chi connectivity index (χ1n) is 8.37. The molecule has 28 heavy (non-hydrogen) atoms. The zero-order valence-electron chi connectivity index (χ0n) is 14.6. The first kappa shape index (κ1) is 17.2. The van der Waals surface area contributed by atoms with Crippen molar-refractivity contribution < 1.29 is 0 Å². The van der Waals surface area contributed by atoms with Crippen LogP contribution in [0.3, 0.4) is 0 Å². The smallest absolute Gasteiger partial charge is 0.209 e. The number of fused-ring (bicyclic) bond motifs is 1. The van der Waals surface area contributed by atoms with Crippen LogP contribution in [-0.2, 0) is 0 Å². The predicted molar refractivity (Wildman–Crippen MR) is 108 cm³/mol. The van der Waals surface area contributed by atoms with Crippen LogP contribution in [0.1, 0.15) is 5.56 Å². The summed E-state index contributed by atoms with van der Waals surface area (Å²) in [7, 11) is 0. The van der Waals surface area contributed by atoms with E-state index < -0.39 is 0 Å². The van der Waals surface area contributed by atoms with Crippen LogP contribution in [0.15, 0.2) is 59.5 Å². The van der Waals surface area contributed by atoms with Gasteiger partial charge in [-0.15, -0.1) is 0 Å². The highest BCUT2D eigenvalue weighted by atomic mass is 16.1. The van der Waals surface area contributed by atoms with Crippen molar-refractivity contribution in [2.24, 2.45) is 5.84 Å². The number of anilines is 2. The third-order valence-corrected chi connectivity index (χ3v) is 4.33. The maximum Gasteiger partial charge on any atom is 0.209 e. The molecular weight excluding hydrogens is 354 g/mol. The Bertz CT molecular complexity index is 1300. The lowest BCUT2D eigenvalue weighted by atomic mass is 10.0. The van der Waals surface area contributed by atoms with Crippen molar-refractivity contribution in [1.29, 1.82) is 5.26 Å². The summed E-state index contributed by atoms with van der Waals surface area (Å²) in [6.45, 7) is 0. The zero-order chi connectivity index (χ0) is 19.7. The van der Waals surface area contributed by atoms with E-state index in [1.807, 2.05) is 6.07 Å². The Kier molecular flexibility index (Phi) is 4.20. The monoisotopic (exact) mass is 369 g/mol. The quantitative estimate of drug-likeness (QED) is 0.246. The number of pyridine rings is 1. The molecule has 0 atom stereocenters. The Labute approximate surface area is 159 Å². The largest absolute Gasteiger partial charge is 0.397 e. The fourth-order valence-corrected chi connectivity index (χ4v) is 2.95. The first-order valence-corrected chi connectivity index (χ1v) is 8.37. The zero-order valence-corrected chi connectivity index (χ0v) is 14.6. The van der Waals surface area contributed by atoms with Gasteiger partial charge in [0.05, 0.1) is 34.4 Å². The summed E-state index contributed by atoms with van der Waals surface area (Å²) in [5, 5.41) is 9.23. The van der Waals surface area contributed by atoms with E-state index in [-0.39, 0.29) is 10.9 Å². The number of benzene rings is 2. The van der Waals surface area contributed by atoms with E-state index in [2.05, 4.69) is 26.4 Å². The number of aromatic amines is 1. The Morgan fingerprint density at radius 2 is 1.82 bits per heavy atom. The predicted octanol–water partition coefficient (Wildman–Crippen LogP) is 2.39. The van der Waals surface area contributed by atoms with Crippen molar-refractivity contribution >= 4 is 22.5 Å². The molecule has 136 valence electrons. The number of nitriles is 1. The molecule has 8 nitrogen and oxygen atoms in total. The highest BCUT2D eigenvalue weighted by molar-refractivity contribution is 5.86. The molecule has 0 unspecified atom stereocenters. The SMILES string of the molecule is N#Cc1cccc(-c2nc3[nH]ccc(=O)c3nc2-c2ccc(N)c(NN)c2)c1. The Morgan fingerprint density at radius 3 is 2.61 bits per heavy atom. The van der Waals surface area contributed by atoms with Gasteiger partial charge in [-0.2, -0.15) is 5.26 Å². The van der Waals surface area contributed by atoms with Crippen LogP contribution in [0.25, 0.3) is 33.7 Å². The third kappa shape index (κ3) is 2.92. The van der Waals surface area contributed by atoms with E-state index in [0.717, 1.165) is 0 Å². The van der Waals surface area contributed by atoms with Gasteiger partial charge in [0.15, 0.2) is 11.2 Å². The third-order valence-electron chi connectivity index (χ3n) is 4.33. The van der Waals surface area contributed by atoms with E-state index in [1.54, 1.807) is 36.4 Å². The van der Waals surface area contributed by atoms with Crippen molar-refractivity contribution in [1.82, 2.24) is 15.0 Å². The van der Waals surface area contributed by atoms with Gasteiger partial charge in [0, 0.05) is 23.4 Å². The molecule has 0 amide bonds. The molecule has 6 N–H and O–H groups in total. The molecule has 0 aliphatic rings. The summed E-state index contributed by atoms with van der Waals surface area (Å²) in [6, 6.07) is 15.8. The number of nitrogen functional groups attached to an aromatic ring is 2. The van der Waals surface area contributed by atoms with Crippen molar-refractivity contribution in [3.63, 3.8) is 0 Å². The minimum Gasteiger partial charge on any atom is -0.397 e. The fraction of sp³-hybridized carbons (Fsp3) is 0. The van der Waals surface area contributed by atoms with E-state index in [9.17, 15) is 10.1 Å². The number of nitrogens with zero attached hydrogens (tertiary/aromatic N) is 3. The summed E-state index contributed by atoms with van der Waals surface area (Å²) >= 11 is 0. The molecule has 2 aromatic carbocycles. The highest BCUT2D eigenvalue weighted by Crippen LogP contribution is 2.33. The molecule has 4 rings (SSSR count). The number of hydrogen-bond donors (Lipinski definition) is 4. The van der Waals surface area contributed by atoms with E-state index >= 15 is 0 Å². The average Bonchev–Trinajstić information content (AvgIpc) is 2.73. The Morgan fingerprint density at radius 1 is 1.04 bits per heavy atom. The van der Waals surface area contributed by atoms with Crippen LogP contribution in [0.4, 0.5) is 11.4 Å². The molecule has 0 saturated carbocycles. The normalized spacial score (nSPS) is 10.6. The van der Waals surface area contributed by atoms with Gasteiger partial charge >= 0.3 is 0 Å². The van der Waals surface area contributed by atoms with Gasteiger partial charge in [-0.3, -0.25) is 10.6 Å². The second kappa shape index (κ2) is 6.83. The number of rotatable bonds is 3. The number of hydrazine groups is 1. The molecule has 0 spiro atoms. The molecule has 0 fully saturated rings. The number of nitrogens with one attached hydrogen (secondary N) is 2. The summed E-state index contributed by atoms with van der Waals surface area (Å²) in [4.78, 5) is 24.4. The van der Waals surface area contributed by atoms with Gasteiger partial charge in [-0.1, -0.05) is 18.2 Å². The molecule has 0 aliphatic heterocycles. The van der Waals surface area contributed by atoms with Crippen LogP contribution in [-0.4, -0.2) is 15.0 Å². The Balaban J connectivity index is 2.06. The van der Waals surface area contributed by atoms with Gasteiger partial charge in [0.25, 0.3) is 0 Å². The van der Waals surface area contributed by atoms with Crippen LogP contribution in [0, 0.1) is 11.3 Å². The van der Waals surface area contributed by atoms with Crippen LogP contribution in [0.5, 0.6) is 0 Å². The fourth-order valence-electron chi connectivity index (χ4n) is 2.95. The minimum absolute atomic E-state index is 0.219. The van der Waals surface area contributed by atoms with E-state index in [1.165, 1.54) is 12.3 Å². The molecule has 0 saturated heterocycles.